The highest BCUT2D eigenvalue weighted by atomic mass is 32.1. The summed E-state index contributed by atoms with van der Waals surface area (Å²) in [6.07, 6.45) is 0. The first-order valence-electron chi connectivity index (χ1n) is 20.6. The topological polar surface area (TPSA) is 62.1 Å². The van der Waals surface area contributed by atoms with E-state index in [1.165, 1.54) is 42.5 Å². The van der Waals surface area contributed by atoms with E-state index in [1.807, 2.05) is 42.5 Å². The zero-order valence-electron chi connectivity index (χ0n) is 33.0. The third-order valence-electron chi connectivity index (χ3n) is 11.9. The molecular weight excluding hydrogens is 781 g/mol. The van der Waals surface area contributed by atoms with Crippen molar-refractivity contribution in [1.82, 2.24) is 19.5 Å². The molecule has 0 fully saturated rings. The molecule has 0 unspecified atom stereocenters. The average Bonchev–Trinajstić information content (AvgIpc) is 3.89. The first-order valence-corrected chi connectivity index (χ1v) is 21.4. The number of aromatic nitrogens is 4. The molecule has 62 heavy (non-hydrogen) atoms. The molecule has 6 nitrogen and oxygen atoms in total. The van der Waals surface area contributed by atoms with E-state index < -0.39 is 0 Å². The van der Waals surface area contributed by atoms with E-state index >= 15 is 0 Å². The van der Waals surface area contributed by atoms with Gasteiger partial charge in [0.2, 0.25) is 0 Å². The molecule has 0 aliphatic carbocycles. The number of ether oxygens (including phenoxy) is 2. The normalized spacial score (nSPS) is 12.1. The maximum atomic E-state index is 6.35. The number of hydrogen-bond donors (Lipinski definition) is 0. The van der Waals surface area contributed by atoms with Gasteiger partial charge in [0.15, 0.2) is 40.5 Å². The molecule has 9 aromatic carbocycles. The Morgan fingerprint density at radius 3 is 1.84 bits per heavy atom. The zero-order chi connectivity index (χ0) is 40.7. The highest BCUT2D eigenvalue weighted by molar-refractivity contribution is 7.27. The van der Waals surface area contributed by atoms with Crippen molar-refractivity contribution in [3.8, 4) is 74.0 Å². The molecule has 0 bridgehead atoms. The van der Waals surface area contributed by atoms with Crippen LogP contribution >= 0.6 is 11.3 Å². The molecule has 3 aromatic heterocycles. The van der Waals surface area contributed by atoms with Crippen molar-refractivity contribution in [3.63, 3.8) is 0 Å². The lowest BCUT2D eigenvalue weighted by Gasteiger charge is -2.20. The van der Waals surface area contributed by atoms with Crippen LogP contribution in [0.3, 0.4) is 0 Å². The van der Waals surface area contributed by atoms with Gasteiger partial charge in [-0.05, 0) is 94.7 Å². The highest BCUT2D eigenvalue weighted by Gasteiger charge is 2.22. The van der Waals surface area contributed by atoms with E-state index in [-0.39, 0.29) is 0 Å². The SMILES string of the molecule is c1ccc(-n2c3ccccc3c3cc(-c4cccc(-c5nc(-c6ccc7c(c6)Oc6ccccc6O7)nc(-c6cccc7c6sc6c8ccccc8ccc76)n5)c4)ccc32)cc1. The Bertz CT molecular complexity index is 3780. The highest BCUT2D eigenvalue weighted by Crippen LogP contribution is 2.47. The minimum atomic E-state index is 0.541. The summed E-state index contributed by atoms with van der Waals surface area (Å²) < 4.78 is 17.3. The van der Waals surface area contributed by atoms with Crippen LogP contribution < -0.4 is 9.47 Å². The van der Waals surface area contributed by atoms with Gasteiger partial charge in [0.25, 0.3) is 0 Å². The summed E-state index contributed by atoms with van der Waals surface area (Å²) in [5.74, 6) is 4.32. The Morgan fingerprint density at radius 1 is 0.355 bits per heavy atom. The number of rotatable bonds is 5. The van der Waals surface area contributed by atoms with Crippen LogP contribution in [0.4, 0.5) is 0 Å². The van der Waals surface area contributed by atoms with Crippen molar-refractivity contribution in [2.45, 2.75) is 0 Å². The van der Waals surface area contributed by atoms with Gasteiger partial charge in [0.1, 0.15) is 0 Å². The molecule has 0 radical (unpaired) electrons. The lowest BCUT2D eigenvalue weighted by Crippen LogP contribution is -2.02. The fourth-order valence-corrected chi connectivity index (χ4v) is 10.3. The van der Waals surface area contributed by atoms with Crippen LogP contribution in [0.1, 0.15) is 0 Å². The van der Waals surface area contributed by atoms with Crippen molar-refractivity contribution < 1.29 is 9.47 Å². The molecule has 12 aromatic rings. The van der Waals surface area contributed by atoms with Crippen molar-refractivity contribution in [2.24, 2.45) is 0 Å². The van der Waals surface area contributed by atoms with E-state index in [1.54, 1.807) is 11.3 Å². The van der Waals surface area contributed by atoms with Gasteiger partial charge in [0, 0.05) is 53.3 Å². The number of nitrogens with zero attached hydrogens (tertiary/aromatic N) is 4. The second-order valence-corrected chi connectivity index (χ2v) is 16.6. The van der Waals surface area contributed by atoms with Crippen LogP contribution in [0, 0.1) is 0 Å². The largest absolute Gasteiger partial charge is 0.450 e. The lowest BCUT2D eigenvalue weighted by molar-refractivity contribution is 0.360. The predicted octanol–water partition coefficient (Wildman–Crippen LogP) is 15.1. The molecule has 4 heterocycles. The van der Waals surface area contributed by atoms with Crippen LogP contribution in [0.25, 0.3) is 104 Å². The van der Waals surface area contributed by atoms with E-state index in [9.17, 15) is 0 Å². The van der Waals surface area contributed by atoms with Crippen LogP contribution in [0.2, 0.25) is 0 Å². The molecule has 1 aliphatic rings. The third-order valence-corrected chi connectivity index (χ3v) is 13.2. The van der Waals surface area contributed by atoms with E-state index in [4.69, 9.17) is 24.4 Å². The van der Waals surface area contributed by atoms with Gasteiger partial charge in [-0.15, -0.1) is 11.3 Å². The molecule has 0 N–H and O–H groups in total. The minimum Gasteiger partial charge on any atom is -0.450 e. The zero-order valence-corrected chi connectivity index (χ0v) is 33.8. The third kappa shape index (κ3) is 5.52. The van der Waals surface area contributed by atoms with Crippen molar-refractivity contribution in [3.05, 3.63) is 194 Å². The number of benzene rings is 9. The lowest BCUT2D eigenvalue weighted by atomic mass is 10.0. The van der Waals surface area contributed by atoms with E-state index in [0.717, 1.165) is 43.7 Å². The van der Waals surface area contributed by atoms with Gasteiger partial charge in [-0.25, -0.2) is 15.0 Å². The molecule has 0 atom stereocenters. The maximum Gasteiger partial charge on any atom is 0.170 e. The van der Waals surface area contributed by atoms with Crippen molar-refractivity contribution in [1.29, 1.82) is 0 Å². The summed E-state index contributed by atoms with van der Waals surface area (Å²) in [4.78, 5) is 15.7. The molecule has 0 saturated carbocycles. The van der Waals surface area contributed by atoms with Crippen LogP contribution in [0.15, 0.2) is 194 Å². The molecule has 0 saturated heterocycles. The summed E-state index contributed by atoms with van der Waals surface area (Å²) in [5, 5.41) is 7.28. The summed E-state index contributed by atoms with van der Waals surface area (Å²) in [7, 11) is 0. The summed E-state index contributed by atoms with van der Waals surface area (Å²) in [5.41, 5.74) is 8.30. The number of thiophene rings is 1. The molecule has 1 aliphatic heterocycles. The smallest absolute Gasteiger partial charge is 0.170 e. The summed E-state index contributed by atoms with van der Waals surface area (Å²) in [6, 6.07) is 67.5. The Morgan fingerprint density at radius 2 is 0.968 bits per heavy atom. The minimum absolute atomic E-state index is 0.541. The summed E-state index contributed by atoms with van der Waals surface area (Å²) in [6.45, 7) is 0. The maximum absolute atomic E-state index is 6.35. The number of para-hydroxylation sites is 4. The van der Waals surface area contributed by atoms with Crippen molar-refractivity contribution in [2.75, 3.05) is 0 Å². The molecule has 290 valence electrons. The first-order chi connectivity index (χ1) is 30.7. The van der Waals surface area contributed by atoms with E-state index in [2.05, 4.69) is 156 Å². The summed E-state index contributed by atoms with van der Waals surface area (Å²) >= 11 is 1.79. The molecule has 7 heteroatoms. The molecular formula is C55H32N4O2S. The monoisotopic (exact) mass is 812 g/mol. The van der Waals surface area contributed by atoms with Crippen LogP contribution in [-0.2, 0) is 0 Å². The second-order valence-electron chi connectivity index (χ2n) is 15.6. The number of hydrogen-bond acceptors (Lipinski definition) is 6. The van der Waals surface area contributed by atoms with Gasteiger partial charge >= 0.3 is 0 Å². The Balaban J connectivity index is 0.978. The predicted molar refractivity (Wildman–Crippen MR) is 253 cm³/mol. The number of fused-ring (bicyclic) bond motifs is 10. The van der Waals surface area contributed by atoms with Crippen LogP contribution in [-0.4, -0.2) is 19.5 Å². The molecule has 0 amide bonds. The first kappa shape index (κ1) is 34.7. The van der Waals surface area contributed by atoms with Gasteiger partial charge in [-0.2, -0.15) is 0 Å². The van der Waals surface area contributed by atoms with Gasteiger partial charge < -0.3 is 14.0 Å². The Kier molecular flexibility index (Phi) is 7.67. The van der Waals surface area contributed by atoms with Gasteiger partial charge in [0.05, 0.1) is 11.0 Å². The fourth-order valence-electron chi connectivity index (χ4n) is 8.97. The fraction of sp³-hybridized carbons (Fsp3) is 0. The Hall–Kier alpha value is -8.13. The van der Waals surface area contributed by atoms with Crippen LogP contribution in [0.5, 0.6) is 23.0 Å². The van der Waals surface area contributed by atoms with E-state index in [0.29, 0.717) is 40.5 Å². The average molecular weight is 813 g/mol. The van der Waals surface area contributed by atoms with Gasteiger partial charge in [-0.3, -0.25) is 0 Å². The second kappa shape index (κ2) is 13.7. The molecule has 13 rings (SSSR count). The Labute approximate surface area is 359 Å². The standard InChI is InChI=1S/C55H32N4O2S/c1-2-15-38(16-3-1)59-45-21-7-6-18-40(45)44-31-35(25-28-46(44)59)34-13-10-14-36(30-34)53-56-54(37-26-29-49-50(32-37)61-48-23-9-8-22-47(48)60-49)58-55(57-53)43-20-11-19-41-42-27-24-33-12-4-5-17-39(33)51(42)62-52(41)43/h1-32H. The van der Waals surface area contributed by atoms with Crippen molar-refractivity contribution >= 4 is 64.1 Å². The van der Waals surface area contributed by atoms with Gasteiger partial charge in [-0.1, -0.05) is 121 Å². The quantitative estimate of drug-likeness (QED) is 0.173. The molecule has 0 spiro atoms.